The van der Waals surface area contributed by atoms with Crippen molar-refractivity contribution in [3.05, 3.63) is 59.2 Å². The zero-order valence-corrected chi connectivity index (χ0v) is 13.1. The molecule has 0 heterocycles. The zero-order valence-electron chi connectivity index (χ0n) is 13.1. The van der Waals surface area contributed by atoms with Gasteiger partial charge in [-0.1, -0.05) is 24.3 Å². The predicted octanol–water partition coefficient (Wildman–Crippen LogP) is 3.78. The highest BCUT2D eigenvalue weighted by atomic mass is 16.5. The highest BCUT2D eigenvalue weighted by Crippen LogP contribution is 2.29. The summed E-state index contributed by atoms with van der Waals surface area (Å²) < 4.78 is 11.4. The molecule has 2 N–H and O–H groups in total. The molecule has 21 heavy (non-hydrogen) atoms. The summed E-state index contributed by atoms with van der Waals surface area (Å²) in [5, 5.41) is 0. The fraction of sp³-hybridized carbons (Fsp3) is 0.333. The molecule has 0 saturated heterocycles. The van der Waals surface area contributed by atoms with Gasteiger partial charge in [0.15, 0.2) is 0 Å². The van der Waals surface area contributed by atoms with Crippen molar-refractivity contribution in [1.82, 2.24) is 0 Å². The molecule has 2 aromatic carbocycles. The highest BCUT2D eigenvalue weighted by molar-refractivity contribution is 5.39. The van der Waals surface area contributed by atoms with Crippen LogP contribution in [0.3, 0.4) is 0 Å². The van der Waals surface area contributed by atoms with E-state index < -0.39 is 0 Å². The third kappa shape index (κ3) is 3.56. The number of hydrogen-bond donors (Lipinski definition) is 1. The molecule has 0 aliphatic heterocycles. The Hall–Kier alpha value is -2.00. The molecule has 2 aromatic rings. The van der Waals surface area contributed by atoms with E-state index in [2.05, 4.69) is 19.9 Å². The first-order valence-corrected chi connectivity index (χ1v) is 7.15. The van der Waals surface area contributed by atoms with Crippen LogP contribution in [0.5, 0.6) is 11.5 Å². The maximum absolute atomic E-state index is 6.18. The first-order valence-electron chi connectivity index (χ1n) is 7.15. The first-order chi connectivity index (χ1) is 10.0. The Morgan fingerprint density at radius 2 is 1.67 bits per heavy atom. The molecule has 2 unspecified atom stereocenters. The fourth-order valence-electron chi connectivity index (χ4n) is 2.26. The summed E-state index contributed by atoms with van der Waals surface area (Å²) in [5.41, 5.74) is 9.53. The summed E-state index contributed by atoms with van der Waals surface area (Å²) in [6.45, 7) is 6.10. The summed E-state index contributed by atoms with van der Waals surface area (Å²) in [5.74, 6) is 1.71. The lowest BCUT2D eigenvalue weighted by molar-refractivity contribution is 0.179. The van der Waals surface area contributed by atoms with Gasteiger partial charge in [-0.15, -0.1) is 0 Å². The number of benzene rings is 2. The molecule has 0 bridgehead atoms. The zero-order chi connectivity index (χ0) is 15.4. The van der Waals surface area contributed by atoms with Gasteiger partial charge in [0.1, 0.15) is 17.6 Å². The van der Waals surface area contributed by atoms with Crippen LogP contribution >= 0.6 is 0 Å². The lowest BCUT2D eigenvalue weighted by atomic mass is 10.0. The van der Waals surface area contributed by atoms with E-state index in [1.807, 2.05) is 43.3 Å². The summed E-state index contributed by atoms with van der Waals surface area (Å²) in [4.78, 5) is 0. The molecule has 0 fully saturated rings. The largest absolute Gasteiger partial charge is 0.497 e. The van der Waals surface area contributed by atoms with Crippen molar-refractivity contribution in [3.8, 4) is 11.5 Å². The predicted molar refractivity (Wildman–Crippen MR) is 85.9 cm³/mol. The minimum absolute atomic E-state index is 0.113. The Bertz CT molecular complexity index is 591. The first kappa shape index (κ1) is 15.4. The number of aryl methyl sites for hydroxylation is 1. The number of hydrogen-bond acceptors (Lipinski definition) is 3. The number of rotatable bonds is 5. The van der Waals surface area contributed by atoms with Gasteiger partial charge in [-0.3, -0.25) is 0 Å². The van der Waals surface area contributed by atoms with Crippen molar-refractivity contribution < 1.29 is 9.47 Å². The van der Waals surface area contributed by atoms with Crippen molar-refractivity contribution in [1.29, 1.82) is 0 Å². The van der Waals surface area contributed by atoms with Gasteiger partial charge in [-0.2, -0.15) is 0 Å². The van der Waals surface area contributed by atoms with Crippen LogP contribution in [0.4, 0.5) is 0 Å². The second-order valence-corrected chi connectivity index (χ2v) is 5.37. The van der Waals surface area contributed by atoms with Gasteiger partial charge in [0.05, 0.1) is 7.11 Å². The molecule has 0 amide bonds. The highest BCUT2D eigenvalue weighted by Gasteiger charge is 2.19. The van der Waals surface area contributed by atoms with Crippen molar-refractivity contribution in [3.63, 3.8) is 0 Å². The molecule has 2 rings (SSSR count). The molecule has 2 atom stereocenters. The Morgan fingerprint density at radius 1 is 1.00 bits per heavy atom. The van der Waals surface area contributed by atoms with E-state index in [1.54, 1.807) is 7.11 Å². The number of ether oxygens (including phenoxy) is 2. The molecule has 0 aliphatic rings. The lowest BCUT2D eigenvalue weighted by Gasteiger charge is -2.24. The quantitative estimate of drug-likeness (QED) is 0.909. The van der Waals surface area contributed by atoms with Gasteiger partial charge >= 0.3 is 0 Å². The molecule has 112 valence electrons. The summed E-state index contributed by atoms with van der Waals surface area (Å²) in [6, 6.07) is 13.8. The Kier molecular flexibility index (Phi) is 4.86. The topological polar surface area (TPSA) is 44.5 Å². The minimum atomic E-state index is -0.184. The molecule has 0 aliphatic carbocycles. The van der Waals surface area contributed by atoms with Gasteiger partial charge < -0.3 is 15.2 Å². The van der Waals surface area contributed by atoms with Crippen molar-refractivity contribution >= 4 is 0 Å². The number of nitrogens with two attached hydrogens (primary N) is 1. The number of methoxy groups -OCH3 is 1. The van der Waals surface area contributed by atoms with E-state index in [-0.39, 0.29) is 12.1 Å². The monoisotopic (exact) mass is 285 g/mol. The van der Waals surface area contributed by atoms with Crippen LogP contribution in [0.15, 0.2) is 42.5 Å². The van der Waals surface area contributed by atoms with Crippen LogP contribution in [0.1, 0.15) is 29.7 Å². The van der Waals surface area contributed by atoms with E-state index in [0.29, 0.717) is 0 Å². The SMILES string of the molecule is COc1ccc(C(Oc2cccc(C)c2C)C(C)N)cc1. The van der Waals surface area contributed by atoms with Crippen molar-refractivity contribution in [2.75, 3.05) is 7.11 Å². The second-order valence-electron chi connectivity index (χ2n) is 5.37. The van der Waals surface area contributed by atoms with Crippen molar-refractivity contribution in [2.24, 2.45) is 5.73 Å². The molecule has 0 radical (unpaired) electrons. The molecule has 3 heteroatoms. The Morgan fingerprint density at radius 3 is 2.24 bits per heavy atom. The standard InChI is InChI=1S/C18H23NO2/c1-12-6-5-7-17(13(12)2)21-18(14(3)19)15-8-10-16(20-4)11-9-15/h5-11,14,18H,19H2,1-4H3. The Labute approximate surface area is 126 Å². The van der Waals surface area contributed by atoms with E-state index >= 15 is 0 Å². The maximum Gasteiger partial charge on any atom is 0.138 e. The van der Waals surface area contributed by atoms with Gasteiger partial charge in [0.25, 0.3) is 0 Å². The van der Waals surface area contributed by atoms with E-state index in [1.165, 1.54) is 5.56 Å². The van der Waals surface area contributed by atoms with Gasteiger partial charge in [-0.05, 0) is 55.7 Å². The molecule has 0 aromatic heterocycles. The molecular weight excluding hydrogens is 262 g/mol. The lowest BCUT2D eigenvalue weighted by Crippen LogP contribution is -2.29. The normalized spacial score (nSPS) is 13.6. The summed E-state index contributed by atoms with van der Waals surface area (Å²) >= 11 is 0. The second kappa shape index (κ2) is 6.64. The molecular formula is C18H23NO2. The van der Waals surface area contributed by atoms with Gasteiger partial charge in [0, 0.05) is 6.04 Å². The van der Waals surface area contributed by atoms with E-state index in [9.17, 15) is 0 Å². The van der Waals surface area contributed by atoms with E-state index in [0.717, 1.165) is 22.6 Å². The summed E-state index contributed by atoms with van der Waals surface area (Å²) in [6.07, 6.45) is -0.184. The van der Waals surface area contributed by atoms with Crippen molar-refractivity contribution in [2.45, 2.75) is 32.9 Å². The van der Waals surface area contributed by atoms with Crippen LogP contribution < -0.4 is 15.2 Å². The van der Waals surface area contributed by atoms with E-state index in [4.69, 9.17) is 15.2 Å². The fourth-order valence-corrected chi connectivity index (χ4v) is 2.26. The smallest absolute Gasteiger partial charge is 0.138 e. The molecule has 3 nitrogen and oxygen atoms in total. The van der Waals surface area contributed by atoms with Crippen LogP contribution in [-0.4, -0.2) is 13.2 Å². The third-order valence-corrected chi connectivity index (χ3v) is 3.73. The molecule has 0 spiro atoms. The van der Waals surface area contributed by atoms with Crippen LogP contribution in [-0.2, 0) is 0 Å². The van der Waals surface area contributed by atoms with Gasteiger partial charge in [-0.25, -0.2) is 0 Å². The van der Waals surface area contributed by atoms with Crippen LogP contribution in [0.25, 0.3) is 0 Å². The maximum atomic E-state index is 6.18. The average molecular weight is 285 g/mol. The van der Waals surface area contributed by atoms with Crippen LogP contribution in [0.2, 0.25) is 0 Å². The molecule has 0 saturated carbocycles. The Balaban J connectivity index is 2.28. The van der Waals surface area contributed by atoms with Gasteiger partial charge in [0.2, 0.25) is 0 Å². The van der Waals surface area contributed by atoms with Crippen LogP contribution in [0, 0.1) is 13.8 Å². The third-order valence-electron chi connectivity index (χ3n) is 3.73. The minimum Gasteiger partial charge on any atom is -0.497 e. The summed E-state index contributed by atoms with van der Waals surface area (Å²) in [7, 11) is 1.66. The average Bonchev–Trinajstić information content (AvgIpc) is 2.48.